The summed E-state index contributed by atoms with van der Waals surface area (Å²) >= 11 is 0. The van der Waals surface area contributed by atoms with Crippen molar-refractivity contribution in [3.8, 4) is 0 Å². The molecule has 1 saturated heterocycles. The predicted octanol–water partition coefficient (Wildman–Crippen LogP) is 0.0105. The molecule has 10 heteroatoms. The fourth-order valence-electron chi connectivity index (χ4n) is 2.55. The van der Waals surface area contributed by atoms with Gasteiger partial charge in [0.05, 0.1) is 24.0 Å². The van der Waals surface area contributed by atoms with Gasteiger partial charge in [0.15, 0.2) is 0 Å². The average Bonchev–Trinajstić information content (AvgIpc) is 2.64. The van der Waals surface area contributed by atoms with E-state index in [9.17, 15) is 23.1 Å². The molecule has 0 aromatic carbocycles. The maximum atomic E-state index is 12.3. The van der Waals surface area contributed by atoms with Crippen molar-refractivity contribution >= 4 is 17.4 Å². The average molecular weight is 321 g/mol. The van der Waals surface area contributed by atoms with Gasteiger partial charge in [0.25, 0.3) is 0 Å². The quantitative estimate of drug-likeness (QED) is 0.713. The molecule has 2 atom stereocenters. The van der Waals surface area contributed by atoms with Crippen LogP contribution in [0.3, 0.4) is 0 Å². The molecule has 0 bridgehead atoms. The first-order valence-corrected chi connectivity index (χ1v) is 6.78. The minimum absolute atomic E-state index is 0.174. The topological polar surface area (TPSA) is 96.4 Å². The number of amides is 1. The fourth-order valence-corrected chi connectivity index (χ4v) is 2.55. The highest BCUT2D eigenvalue weighted by Crippen LogP contribution is 2.25. The molecule has 1 aromatic rings. The number of nitrogens with one attached hydrogen (secondary N) is 1. The molecule has 7 nitrogen and oxygen atoms in total. The summed E-state index contributed by atoms with van der Waals surface area (Å²) in [6, 6.07) is -0.950. The number of aliphatic hydroxyl groups excluding tert-OH is 1. The Balaban J connectivity index is 2.06. The highest BCUT2D eigenvalue weighted by Gasteiger charge is 2.41. The Morgan fingerprint density at radius 2 is 2.09 bits per heavy atom. The lowest BCUT2D eigenvalue weighted by Crippen LogP contribution is -2.48. The fraction of sp³-hybridized carbons (Fsp3) is 0.667. The van der Waals surface area contributed by atoms with Gasteiger partial charge in [-0.15, -0.1) is 0 Å². The number of aromatic nitrogens is 2. The van der Waals surface area contributed by atoms with E-state index in [1.54, 1.807) is 11.7 Å². The summed E-state index contributed by atoms with van der Waals surface area (Å²) in [5.41, 5.74) is 6.28. The Labute approximate surface area is 124 Å². The van der Waals surface area contributed by atoms with Gasteiger partial charge in [0.2, 0.25) is 0 Å². The van der Waals surface area contributed by atoms with Crippen molar-refractivity contribution in [3.63, 3.8) is 0 Å². The summed E-state index contributed by atoms with van der Waals surface area (Å²) < 4.78 is 38.5. The lowest BCUT2D eigenvalue weighted by molar-refractivity contribution is -0.175. The minimum atomic E-state index is -4.96. The predicted molar refractivity (Wildman–Crippen MR) is 73.1 cm³/mol. The molecule has 1 aliphatic heterocycles. The molecule has 0 spiro atoms. The lowest BCUT2D eigenvalue weighted by atomic mass is 10.1. The first-order chi connectivity index (χ1) is 10.2. The molecule has 2 heterocycles. The third-order valence-electron chi connectivity index (χ3n) is 3.68. The normalized spacial score (nSPS) is 23.2. The van der Waals surface area contributed by atoms with Gasteiger partial charge in [-0.25, -0.2) is 0 Å². The summed E-state index contributed by atoms with van der Waals surface area (Å²) in [6.45, 7) is 0.757. The highest BCUT2D eigenvalue weighted by atomic mass is 19.4. The molecule has 1 aliphatic rings. The summed E-state index contributed by atoms with van der Waals surface area (Å²) in [6.07, 6.45) is -4.13. The Kier molecular flexibility index (Phi) is 4.50. The smallest absolute Gasteiger partial charge is 0.394 e. The Hall–Kier alpha value is -1.97. The Bertz CT molecular complexity index is 526. The summed E-state index contributed by atoms with van der Waals surface area (Å²) in [7, 11) is 1.70. The van der Waals surface area contributed by atoms with Crippen LogP contribution in [-0.4, -0.2) is 52.2 Å². The molecule has 124 valence electrons. The minimum Gasteiger partial charge on any atom is -0.394 e. The van der Waals surface area contributed by atoms with Crippen LogP contribution in [0.5, 0.6) is 0 Å². The number of hydrogen-bond donors (Lipinski definition) is 3. The van der Waals surface area contributed by atoms with Crippen LogP contribution in [0.15, 0.2) is 6.20 Å². The van der Waals surface area contributed by atoms with Crippen molar-refractivity contribution in [1.29, 1.82) is 0 Å². The van der Waals surface area contributed by atoms with Crippen LogP contribution < -0.4 is 16.0 Å². The largest absolute Gasteiger partial charge is 0.471 e. The molecule has 0 radical (unpaired) electrons. The standard InChI is InChI=1S/C12H18F3N5O2/c1-19-10(7(16)6-17-19)20-4-2-8(9(21)3-5-20)18-11(22)12(13,14)15/h6,8-9,21H,2-5,16H2,1H3,(H,18,22). The van der Waals surface area contributed by atoms with Crippen LogP contribution in [0.2, 0.25) is 0 Å². The second-order valence-corrected chi connectivity index (χ2v) is 5.26. The number of alkyl halides is 3. The Morgan fingerprint density at radius 3 is 2.64 bits per heavy atom. The molecule has 1 aromatic heterocycles. The monoisotopic (exact) mass is 321 g/mol. The number of aliphatic hydroxyl groups is 1. The van der Waals surface area contributed by atoms with Crippen molar-refractivity contribution < 1.29 is 23.1 Å². The van der Waals surface area contributed by atoms with Crippen molar-refractivity contribution in [3.05, 3.63) is 6.20 Å². The van der Waals surface area contributed by atoms with E-state index in [-0.39, 0.29) is 12.8 Å². The molecule has 0 aliphatic carbocycles. The van der Waals surface area contributed by atoms with Crippen molar-refractivity contribution in [2.75, 3.05) is 23.7 Å². The highest BCUT2D eigenvalue weighted by molar-refractivity contribution is 5.82. The van der Waals surface area contributed by atoms with E-state index in [0.29, 0.717) is 24.6 Å². The zero-order valence-electron chi connectivity index (χ0n) is 12.0. The molecule has 4 N–H and O–H groups in total. The lowest BCUT2D eigenvalue weighted by Gasteiger charge is -2.23. The number of halogens is 3. The van der Waals surface area contributed by atoms with Crippen molar-refractivity contribution in [2.45, 2.75) is 31.2 Å². The van der Waals surface area contributed by atoms with Crippen molar-refractivity contribution in [2.24, 2.45) is 7.05 Å². The van der Waals surface area contributed by atoms with Gasteiger partial charge in [-0.05, 0) is 12.8 Å². The number of rotatable bonds is 2. The van der Waals surface area contributed by atoms with E-state index in [0.717, 1.165) is 0 Å². The number of carbonyl (C=O) groups is 1. The SMILES string of the molecule is Cn1ncc(N)c1N1CCC(O)C(NC(=O)C(F)(F)F)CC1. The van der Waals surface area contributed by atoms with Gasteiger partial charge in [-0.3, -0.25) is 9.48 Å². The van der Waals surface area contributed by atoms with Crippen LogP contribution in [0.25, 0.3) is 0 Å². The van der Waals surface area contributed by atoms with Gasteiger partial charge < -0.3 is 21.1 Å². The number of carbonyl (C=O) groups excluding carboxylic acids is 1. The van der Waals surface area contributed by atoms with Crippen LogP contribution in [0, 0.1) is 0 Å². The third-order valence-corrected chi connectivity index (χ3v) is 3.68. The van der Waals surface area contributed by atoms with E-state index in [1.165, 1.54) is 6.20 Å². The van der Waals surface area contributed by atoms with Gasteiger partial charge in [-0.2, -0.15) is 18.3 Å². The van der Waals surface area contributed by atoms with E-state index in [1.807, 2.05) is 10.2 Å². The maximum absolute atomic E-state index is 12.3. The molecule has 0 saturated carbocycles. The molecule has 1 fully saturated rings. The molecule has 2 rings (SSSR count). The number of aryl methyl sites for hydroxylation is 1. The first kappa shape index (κ1) is 16.4. The van der Waals surface area contributed by atoms with Gasteiger partial charge in [-0.1, -0.05) is 0 Å². The number of nitrogen functional groups attached to an aromatic ring is 1. The van der Waals surface area contributed by atoms with Crippen LogP contribution in [0.1, 0.15) is 12.8 Å². The van der Waals surface area contributed by atoms with E-state index in [2.05, 4.69) is 5.10 Å². The number of hydrogen-bond acceptors (Lipinski definition) is 5. The first-order valence-electron chi connectivity index (χ1n) is 6.78. The maximum Gasteiger partial charge on any atom is 0.471 e. The van der Waals surface area contributed by atoms with Gasteiger partial charge in [0.1, 0.15) is 5.82 Å². The van der Waals surface area contributed by atoms with Crippen LogP contribution in [0.4, 0.5) is 24.7 Å². The Morgan fingerprint density at radius 1 is 1.45 bits per heavy atom. The van der Waals surface area contributed by atoms with Gasteiger partial charge >= 0.3 is 12.1 Å². The summed E-state index contributed by atoms with van der Waals surface area (Å²) in [4.78, 5) is 12.9. The summed E-state index contributed by atoms with van der Waals surface area (Å²) in [5, 5.41) is 15.8. The number of nitrogens with zero attached hydrogens (tertiary/aromatic N) is 3. The zero-order valence-corrected chi connectivity index (χ0v) is 12.0. The number of anilines is 2. The molecule has 22 heavy (non-hydrogen) atoms. The molecule has 2 unspecified atom stereocenters. The van der Waals surface area contributed by atoms with Crippen LogP contribution in [-0.2, 0) is 11.8 Å². The van der Waals surface area contributed by atoms with E-state index < -0.39 is 24.2 Å². The number of nitrogens with two attached hydrogens (primary N) is 1. The second kappa shape index (κ2) is 6.03. The molecule has 1 amide bonds. The van der Waals surface area contributed by atoms with Crippen LogP contribution >= 0.6 is 0 Å². The molecular formula is C12H18F3N5O2. The second-order valence-electron chi connectivity index (χ2n) is 5.26. The van der Waals surface area contributed by atoms with E-state index >= 15 is 0 Å². The summed E-state index contributed by atoms with van der Waals surface area (Å²) in [5.74, 6) is -1.39. The molecular weight excluding hydrogens is 303 g/mol. The third kappa shape index (κ3) is 3.43. The van der Waals surface area contributed by atoms with Gasteiger partial charge in [0, 0.05) is 20.1 Å². The van der Waals surface area contributed by atoms with Crippen molar-refractivity contribution in [1.82, 2.24) is 15.1 Å². The van der Waals surface area contributed by atoms with E-state index in [4.69, 9.17) is 5.73 Å². The zero-order chi connectivity index (χ0) is 16.5.